The van der Waals surface area contributed by atoms with Crippen molar-refractivity contribution in [1.29, 1.82) is 0 Å². The van der Waals surface area contributed by atoms with Crippen LogP contribution in [0.3, 0.4) is 0 Å². The highest BCUT2D eigenvalue weighted by Gasteiger charge is 2.27. The monoisotopic (exact) mass is 208 g/mol. The number of likely N-dealkylation sites (tertiary alicyclic amines) is 1. The highest BCUT2D eigenvalue weighted by atomic mass is 16.3. The minimum atomic E-state index is 0.00459. The molecule has 0 saturated carbocycles. The van der Waals surface area contributed by atoms with Crippen LogP contribution in [0.1, 0.15) is 12.2 Å². The molecule has 1 aliphatic heterocycles. The van der Waals surface area contributed by atoms with Gasteiger partial charge in [0.05, 0.1) is 12.3 Å². The van der Waals surface area contributed by atoms with Gasteiger partial charge in [0.15, 0.2) is 0 Å². The minimum absolute atomic E-state index is 0.00459. The molecule has 15 heavy (non-hydrogen) atoms. The Kier molecular flexibility index (Phi) is 3.06. The molecule has 0 radical (unpaired) electrons. The maximum atomic E-state index is 11.5. The van der Waals surface area contributed by atoms with Gasteiger partial charge in [0.1, 0.15) is 5.76 Å². The molecule has 0 aliphatic carbocycles. The number of nitrogens with one attached hydrogen (secondary N) is 1. The quantitative estimate of drug-likeness (QED) is 0.790. The smallest absolute Gasteiger partial charge is 0.239 e. The molecule has 1 atom stereocenters. The van der Waals surface area contributed by atoms with Crippen molar-refractivity contribution in [2.45, 2.75) is 18.9 Å². The lowest BCUT2D eigenvalue weighted by atomic mass is 10.2. The van der Waals surface area contributed by atoms with Crippen LogP contribution in [-0.2, 0) is 11.2 Å². The standard InChI is InChI=1S/C11H16N2O2/c1-13-7-5-10(11(13)14)12-6-4-9-3-2-8-15-9/h2-3,8,10,12H,4-7H2,1H3. The van der Waals surface area contributed by atoms with Gasteiger partial charge in [0, 0.05) is 26.6 Å². The fraction of sp³-hybridized carbons (Fsp3) is 0.545. The second-order valence-corrected chi connectivity index (χ2v) is 3.88. The van der Waals surface area contributed by atoms with Gasteiger partial charge in [-0.05, 0) is 18.6 Å². The van der Waals surface area contributed by atoms with Crippen molar-refractivity contribution in [2.75, 3.05) is 20.1 Å². The Labute approximate surface area is 89.2 Å². The average molecular weight is 208 g/mol. The number of nitrogens with zero attached hydrogens (tertiary/aromatic N) is 1. The summed E-state index contributed by atoms with van der Waals surface area (Å²) in [4.78, 5) is 13.3. The first-order valence-corrected chi connectivity index (χ1v) is 5.28. The van der Waals surface area contributed by atoms with Gasteiger partial charge in [-0.1, -0.05) is 0 Å². The molecule has 4 heteroatoms. The second-order valence-electron chi connectivity index (χ2n) is 3.88. The van der Waals surface area contributed by atoms with Crippen LogP contribution in [0.25, 0.3) is 0 Å². The zero-order valence-electron chi connectivity index (χ0n) is 8.90. The number of likely N-dealkylation sites (N-methyl/N-ethyl adjacent to an activating group) is 1. The first kappa shape index (κ1) is 10.2. The third-order valence-electron chi connectivity index (χ3n) is 2.77. The lowest BCUT2D eigenvalue weighted by molar-refractivity contribution is -0.128. The van der Waals surface area contributed by atoms with Crippen LogP contribution in [0, 0.1) is 0 Å². The predicted molar refractivity (Wildman–Crippen MR) is 56.5 cm³/mol. The average Bonchev–Trinajstić information content (AvgIpc) is 2.83. The van der Waals surface area contributed by atoms with Crippen LogP contribution in [0.4, 0.5) is 0 Å². The number of amides is 1. The van der Waals surface area contributed by atoms with Gasteiger partial charge < -0.3 is 14.6 Å². The molecule has 1 fully saturated rings. The van der Waals surface area contributed by atoms with E-state index in [9.17, 15) is 4.79 Å². The summed E-state index contributed by atoms with van der Waals surface area (Å²) in [6.07, 6.45) is 3.41. The Balaban J connectivity index is 1.73. The molecule has 4 nitrogen and oxygen atoms in total. The van der Waals surface area contributed by atoms with Crippen molar-refractivity contribution < 1.29 is 9.21 Å². The van der Waals surface area contributed by atoms with Gasteiger partial charge >= 0.3 is 0 Å². The molecule has 0 bridgehead atoms. The van der Waals surface area contributed by atoms with Gasteiger partial charge in [-0.2, -0.15) is 0 Å². The molecule has 0 spiro atoms. The van der Waals surface area contributed by atoms with E-state index in [4.69, 9.17) is 4.42 Å². The zero-order valence-corrected chi connectivity index (χ0v) is 8.90. The lowest BCUT2D eigenvalue weighted by Crippen LogP contribution is -2.37. The van der Waals surface area contributed by atoms with E-state index in [-0.39, 0.29) is 11.9 Å². The molecule has 1 aliphatic rings. The van der Waals surface area contributed by atoms with Crippen molar-refractivity contribution >= 4 is 5.91 Å². The highest BCUT2D eigenvalue weighted by molar-refractivity contribution is 5.83. The normalized spacial score (nSPS) is 21.3. The number of hydrogen-bond donors (Lipinski definition) is 1. The van der Waals surface area contributed by atoms with Gasteiger partial charge in [0.25, 0.3) is 0 Å². The van der Waals surface area contributed by atoms with Crippen molar-refractivity contribution in [2.24, 2.45) is 0 Å². The Hall–Kier alpha value is -1.29. The number of carbonyl (C=O) groups excluding carboxylic acids is 1. The predicted octanol–water partition coefficient (Wildman–Crippen LogP) is 0.642. The molecule has 1 amide bonds. The molecular formula is C11H16N2O2. The summed E-state index contributed by atoms with van der Waals surface area (Å²) < 4.78 is 5.21. The Morgan fingerprint density at radius 2 is 2.53 bits per heavy atom. The molecule has 1 saturated heterocycles. The molecule has 1 aromatic rings. The molecule has 2 heterocycles. The number of rotatable bonds is 4. The first-order chi connectivity index (χ1) is 7.27. The molecule has 0 aromatic carbocycles. The van der Waals surface area contributed by atoms with E-state index in [2.05, 4.69) is 5.32 Å². The summed E-state index contributed by atoms with van der Waals surface area (Å²) in [5.41, 5.74) is 0. The fourth-order valence-corrected chi connectivity index (χ4v) is 1.84. The summed E-state index contributed by atoms with van der Waals surface area (Å²) in [5, 5.41) is 3.25. The molecule has 2 rings (SSSR count). The fourth-order valence-electron chi connectivity index (χ4n) is 1.84. The Morgan fingerprint density at radius 1 is 1.67 bits per heavy atom. The third-order valence-corrected chi connectivity index (χ3v) is 2.77. The Bertz CT molecular complexity index is 321. The van der Waals surface area contributed by atoms with E-state index in [0.717, 1.165) is 31.7 Å². The van der Waals surface area contributed by atoms with Gasteiger partial charge in [-0.25, -0.2) is 0 Å². The van der Waals surface area contributed by atoms with E-state index in [1.807, 2.05) is 19.2 Å². The summed E-state index contributed by atoms with van der Waals surface area (Å²) in [6.45, 7) is 1.65. The van der Waals surface area contributed by atoms with E-state index < -0.39 is 0 Å². The van der Waals surface area contributed by atoms with Gasteiger partial charge in [-0.3, -0.25) is 4.79 Å². The lowest BCUT2D eigenvalue weighted by Gasteiger charge is -2.11. The molecule has 1 unspecified atom stereocenters. The summed E-state index contributed by atoms with van der Waals surface area (Å²) in [6, 6.07) is 3.83. The van der Waals surface area contributed by atoms with E-state index in [1.54, 1.807) is 11.2 Å². The zero-order chi connectivity index (χ0) is 10.7. The van der Waals surface area contributed by atoms with E-state index >= 15 is 0 Å². The maximum absolute atomic E-state index is 11.5. The molecule has 1 N–H and O–H groups in total. The van der Waals surface area contributed by atoms with E-state index in [1.165, 1.54) is 0 Å². The van der Waals surface area contributed by atoms with Crippen molar-refractivity contribution in [3.8, 4) is 0 Å². The second kappa shape index (κ2) is 4.49. The minimum Gasteiger partial charge on any atom is -0.469 e. The van der Waals surface area contributed by atoms with Crippen LogP contribution in [0.5, 0.6) is 0 Å². The number of carbonyl (C=O) groups is 1. The van der Waals surface area contributed by atoms with Crippen molar-refractivity contribution in [1.82, 2.24) is 10.2 Å². The first-order valence-electron chi connectivity index (χ1n) is 5.28. The van der Waals surface area contributed by atoms with Crippen molar-refractivity contribution in [3.05, 3.63) is 24.2 Å². The van der Waals surface area contributed by atoms with Crippen molar-refractivity contribution in [3.63, 3.8) is 0 Å². The summed E-state index contributed by atoms with van der Waals surface area (Å²) in [5.74, 6) is 1.16. The largest absolute Gasteiger partial charge is 0.469 e. The topological polar surface area (TPSA) is 45.5 Å². The van der Waals surface area contributed by atoms with Crippen LogP contribution in [0.2, 0.25) is 0 Å². The third kappa shape index (κ3) is 2.39. The highest BCUT2D eigenvalue weighted by Crippen LogP contribution is 2.08. The van der Waals surface area contributed by atoms with Crippen LogP contribution in [0.15, 0.2) is 22.8 Å². The van der Waals surface area contributed by atoms with Crippen LogP contribution < -0.4 is 5.32 Å². The number of furan rings is 1. The molecule has 82 valence electrons. The van der Waals surface area contributed by atoms with Gasteiger partial charge in [-0.15, -0.1) is 0 Å². The molecule has 1 aromatic heterocycles. The summed E-state index contributed by atoms with van der Waals surface area (Å²) in [7, 11) is 1.84. The van der Waals surface area contributed by atoms with Crippen LogP contribution in [-0.4, -0.2) is 37.0 Å². The maximum Gasteiger partial charge on any atom is 0.239 e. The SMILES string of the molecule is CN1CCC(NCCc2ccco2)C1=O. The van der Waals surface area contributed by atoms with Gasteiger partial charge in [0.2, 0.25) is 5.91 Å². The Morgan fingerprint density at radius 3 is 3.13 bits per heavy atom. The van der Waals surface area contributed by atoms with Crippen LogP contribution >= 0.6 is 0 Å². The summed E-state index contributed by atoms with van der Waals surface area (Å²) >= 11 is 0. The van der Waals surface area contributed by atoms with E-state index in [0.29, 0.717) is 0 Å². The molecular weight excluding hydrogens is 192 g/mol. The number of hydrogen-bond acceptors (Lipinski definition) is 3.